The second-order valence-corrected chi connectivity index (χ2v) is 5.90. The van der Waals surface area contributed by atoms with Crippen molar-refractivity contribution in [3.05, 3.63) is 69.7 Å². The molecule has 0 bridgehead atoms. The lowest BCUT2D eigenvalue weighted by Crippen LogP contribution is -2.01. The van der Waals surface area contributed by atoms with E-state index in [0.29, 0.717) is 22.6 Å². The molecule has 19 heavy (non-hydrogen) atoms. The molecule has 0 fully saturated rings. The Morgan fingerprint density at radius 1 is 1.16 bits per heavy atom. The molecule has 2 aromatic carbocycles. The van der Waals surface area contributed by atoms with Crippen molar-refractivity contribution in [2.24, 2.45) is 0 Å². The van der Waals surface area contributed by atoms with E-state index in [1.165, 1.54) is 6.07 Å². The fourth-order valence-corrected chi connectivity index (χ4v) is 2.80. The van der Waals surface area contributed by atoms with E-state index in [4.69, 9.17) is 11.6 Å². The predicted octanol–water partition coefficient (Wildman–Crippen LogP) is 5.61. The summed E-state index contributed by atoms with van der Waals surface area (Å²) in [4.78, 5) is -0.244. The van der Waals surface area contributed by atoms with Gasteiger partial charge < -0.3 is 0 Å². The summed E-state index contributed by atoms with van der Waals surface area (Å²) in [6, 6.07) is 9.87. The lowest BCUT2D eigenvalue weighted by Gasteiger charge is -2.13. The van der Waals surface area contributed by atoms with Crippen molar-refractivity contribution in [1.29, 1.82) is 0 Å². The van der Waals surface area contributed by atoms with Crippen LogP contribution in [0.2, 0.25) is 5.02 Å². The summed E-state index contributed by atoms with van der Waals surface area (Å²) in [7, 11) is 0. The molecular weight excluding hydrogens is 334 g/mol. The van der Waals surface area contributed by atoms with Gasteiger partial charge in [-0.1, -0.05) is 45.7 Å². The number of aryl methyl sites for hydroxylation is 1. The van der Waals surface area contributed by atoms with Gasteiger partial charge in [-0.25, -0.2) is 8.78 Å². The molecule has 0 aromatic heterocycles. The van der Waals surface area contributed by atoms with Gasteiger partial charge in [0, 0.05) is 21.5 Å². The van der Waals surface area contributed by atoms with Gasteiger partial charge in [0.1, 0.15) is 11.6 Å². The number of hydrogen-bond acceptors (Lipinski definition) is 0. The minimum atomic E-state index is -0.544. The maximum absolute atomic E-state index is 13.8. The van der Waals surface area contributed by atoms with E-state index >= 15 is 0 Å². The minimum absolute atomic E-state index is 0.244. The third kappa shape index (κ3) is 3.34. The normalized spacial score (nSPS) is 12.5. The molecule has 0 aliphatic rings. The van der Waals surface area contributed by atoms with Gasteiger partial charge >= 0.3 is 0 Å². The van der Waals surface area contributed by atoms with Gasteiger partial charge in [0.25, 0.3) is 0 Å². The van der Waals surface area contributed by atoms with Crippen molar-refractivity contribution in [2.75, 3.05) is 0 Å². The first-order valence-corrected chi connectivity index (χ1v) is 7.11. The molecule has 4 heteroatoms. The zero-order valence-corrected chi connectivity index (χ0v) is 12.6. The molecule has 0 spiro atoms. The van der Waals surface area contributed by atoms with E-state index in [9.17, 15) is 8.78 Å². The van der Waals surface area contributed by atoms with Gasteiger partial charge in [0.15, 0.2) is 0 Å². The van der Waals surface area contributed by atoms with Crippen LogP contribution in [0.5, 0.6) is 0 Å². The van der Waals surface area contributed by atoms with Crippen molar-refractivity contribution < 1.29 is 8.78 Å². The fourth-order valence-electron chi connectivity index (χ4n) is 1.89. The third-order valence-electron chi connectivity index (χ3n) is 2.97. The summed E-state index contributed by atoms with van der Waals surface area (Å²) in [5, 5.41) is 0.645. The molecular formula is C15H12BrClF2. The Balaban J connectivity index is 2.28. The van der Waals surface area contributed by atoms with Gasteiger partial charge in [-0.3, -0.25) is 0 Å². The van der Waals surface area contributed by atoms with E-state index < -0.39 is 11.6 Å². The maximum Gasteiger partial charge on any atom is 0.130 e. The molecule has 0 saturated carbocycles. The SMILES string of the molecule is Cc1cc(C(Br)Cc2ccccc2Cl)c(F)cc1F. The molecule has 0 saturated heterocycles. The summed E-state index contributed by atoms with van der Waals surface area (Å²) in [6.45, 7) is 1.62. The average Bonchev–Trinajstić information content (AvgIpc) is 2.36. The standard InChI is InChI=1S/C15H12BrClF2/c1-9-6-11(15(19)8-14(9)18)12(16)7-10-4-2-3-5-13(10)17/h2-6,8,12H,7H2,1H3. The van der Waals surface area contributed by atoms with Gasteiger partial charge in [0.05, 0.1) is 0 Å². The summed E-state index contributed by atoms with van der Waals surface area (Å²) in [5.74, 6) is -1.07. The molecule has 0 N–H and O–H groups in total. The average molecular weight is 346 g/mol. The van der Waals surface area contributed by atoms with Crippen LogP contribution in [0.15, 0.2) is 36.4 Å². The molecule has 2 rings (SSSR count). The van der Waals surface area contributed by atoms with E-state index in [2.05, 4.69) is 15.9 Å². The summed E-state index contributed by atoms with van der Waals surface area (Å²) in [5.41, 5.74) is 1.80. The molecule has 2 aromatic rings. The zero-order chi connectivity index (χ0) is 14.0. The van der Waals surface area contributed by atoms with Crippen LogP contribution >= 0.6 is 27.5 Å². The number of benzene rings is 2. The zero-order valence-electron chi connectivity index (χ0n) is 10.3. The highest BCUT2D eigenvalue weighted by atomic mass is 79.9. The van der Waals surface area contributed by atoms with Crippen LogP contribution in [0, 0.1) is 18.6 Å². The Hall–Kier alpha value is -0.930. The van der Waals surface area contributed by atoms with Crippen molar-refractivity contribution in [3.8, 4) is 0 Å². The van der Waals surface area contributed by atoms with Crippen LogP contribution in [0.25, 0.3) is 0 Å². The van der Waals surface area contributed by atoms with Crippen LogP contribution in [-0.4, -0.2) is 0 Å². The van der Waals surface area contributed by atoms with Crippen LogP contribution in [0.4, 0.5) is 8.78 Å². The highest BCUT2D eigenvalue weighted by Gasteiger charge is 2.16. The molecule has 0 nitrogen and oxygen atoms in total. The second-order valence-electron chi connectivity index (χ2n) is 4.39. The molecule has 0 radical (unpaired) electrons. The minimum Gasteiger partial charge on any atom is -0.207 e. The summed E-state index contributed by atoms with van der Waals surface area (Å²) >= 11 is 9.52. The topological polar surface area (TPSA) is 0 Å². The lowest BCUT2D eigenvalue weighted by molar-refractivity contribution is 0.566. The van der Waals surface area contributed by atoms with E-state index in [-0.39, 0.29) is 4.83 Å². The van der Waals surface area contributed by atoms with Gasteiger partial charge in [0.2, 0.25) is 0 Å². The summed E-state index contributed by atoms with van der Waals surface area (Å²) in [6.07, 6.45) is 0.543. The summed E-state index contributed by atoms with van der Waals surface area (Å²) < 4.78 is 27.0. The fraction of sp³-hybridized carbons (Fsp3) is 0.200. The number of hydrogen-bond donors (Lipinski definition) is 0. The van der Waals surface area contributed by atoms with Crippen LogP contribution < -0.4 is 0 Å². The smallest absolute Gasteiger partial charge is 0.130 e. The van der Waals surface area contributed by atoms with Crippen molar-refractivity contribution in [1.82, 2.24) is 0 Å². The van der Waals surface area contributed by atoms with Gasteiger partial charge in [-0.15, -0.1) is 0 Å². The lowest BCUT2D eigenvalue weighted by atomic mass is 10.0. The molecule has 0 aliphatic carbocycles. The number of halogens is 4. The largest absolute Gasteiger partial charge is 0.207 e. The van der Waals surface area contributed by atoms with Crippen LogP contribution in [-0.2, 0) is 6.42 Å². The first-order chi connectivity index (χ1) is 8.99. The predicted molar refractivity (Wildman–Crippen MR) is 77.9 cm³/mol. The second kappa shape index (κ2) is 6.02. The van der Waals surface area contributed by atoms with Crippen LogP contribution in [0.3, 0.4) is 0 Å². The van der Waals surface area contributed by atoms with E-state index in [0.717, 1.165) is 11.6 Å². The Morgan fingerprint density at radius 2 is 1.84 bits per heavy atom. The Bertz CT molecular complexity index is 599. The highest BCUT2D eigenvalue weighted by molar-refractivity contribution is 9.09. The quantitative estimate of drug-likeness (QED) is 0.635. The van der Waals surface area contributed by atoms with Gasteiger partial charge in [-0.05, 0) is 36.6 Å². The molecule has 1 unspecified atom stereocenters. The van der Waals surface area contributed by atoms with Crippen molar-refractivity contribution in [3.63, 3.8) is 0 Å². The monoisotopic (exact) mass is 344 g/mol. The molecule has 0 aliphatic heterocycles. The van der Waals surface area contributed by atoms with E-state index in [1.54, 1.807) is 13.0 Å². The molecule has 1 atom stereocenters. The first kappa shape index (κ1) is 14.5. The van der Waals surface area contributed by atoms with Crippen LogP contribution in [0.1, 0.15) is 21.5 Å². The van der Waals surface area contributed by atoms with Crippen molar-refractivity contribution >= 4 is 27.5 Å². The Kier molecular flexibility index (Phi) is 4.58. The van der Waals surface area contributed by atoms with E-state index in [1.807, 2.05) is 18.2 Å². The highest BCUT2D eigenvalue weighted by Crippen LogP contribution is 2.32. The van der Waals surface area contributed by atoms with Gasteiger partial charge in [-0.2, -0.15) is 0 Å². The number of alkyl halides is 1. The molecule has 0 amide bonds. The number of rotatable bonds is 3. The maximum atomic E-state index is 13.8. The molecule has 0 heterocycles. The van der Waals surface area contributed by atoms with Crippen molar-refractivity contribution in [2.45, 2.75) is 18.2 Å². The Morgan fingerprint density at radius 3 is 2.53 bits per heavy atom. The Labute approximate surface area is 124 Å². The molecule has 100 valence electrons. The third-order valence-corrected chi connectivity index (χ3v) is 4.16. The first-order valence-electron chi connectivity index (χ1n) is 5.82.